The van der Waals surface area contributed by atoms with E-state index in [-0.39, 0.29) is 18.5 Å². The van der Waals surface area contributed by atoms with Crippen LogP contribution >= 0.6 is 12.2 Å². The minimum absolute atomic E-state index is 0.0393. The van der Waals surface area contributed by atoms with Crippen LogP contribution in [0, 0.1) is 11.7 Å². The molecule has 0 bridgehead atoms. The van der Waals surface area contributed by atoms with Crippen molar-refractivity contribution in [1.82, 2.24) is 20.1 Å². The minimum atomic E-state index is -0.120. The zero-order valence-corrected chi connectivity index (χ0v) is 15.0. The quantitative estimate of drug-likeness (QED) is 0.665. The molecule has 0 aliphatic carbocycles. The number of nitrogens with one attached hydrogen (secondary N) is 2. The van der Waals surface area contributed by atoms with Crippen LogP contribution in [-0.2, 0) is 17.8 Å². The van der Waals surface area contributed by atoms with Gasteiger partial charge in [0.2, 0.25) is 5.91 Å². The van der Waals surface area contributed by atoms with Crippen LogP contribution in [0.25, 0.3) is 11.4 Å². The first-order valence-electron chi connectivity index (χ1n) is 8.07. The number of aryl methyl sites for hydroxylation is 1. The summed E-state index contributed by atoms with van der Waals surface area (Å²) in [5.41, 5.74) is 2.07. The molecule has 0 radical (unpaired) electrons. The molecule has 1 unspecified atom stereocenters. The summed E-state index contributed by atoms with van der Waals surface area (Å²) in [7, 11) is 0. The fourth-order valence-corrected chi connectivity index (χ4v) is 2.83. The van der Waals surface area contributed by atoms with E-state index in [0.717, 1.165) is 16.9 Å². The van der Waals surface area contributed by atoms with Gasteiger partial charge in [-0.25, -0.2) is 0 Å². The Morgan fingerprint density at radius 1 is 1.36 bits per heavy atom. The van der Waals surface area contributed by atoms with Crippen LogP contribution in [0.3, 0.4) is 0 Å². The van der Waals surface area contributed by atoms with Gasteiger partial charge in [0.1, 0.15) is 12.3 Å². The van der Waals surface area contributed by atoms with E-state index in [2.05, 4.69) is 15.5 Å². The van der Waals surface area contributed by atoms with Crippen molar-refractivity contribution in [2.75, 3.05) is 0 Å². The first-order chi connectivity index (χ1) is 12.0. The summed E-state index contributed by atoms with van der Waals surface area (Å²) in [6.45, 7) is 4.08. The summed E-state index contributed by atoms with van der Waals surface area (Å²) in [5.74, 6) is 1.37. The van der Waals surface area contributed by atoms with E-state index in [1.54, 1.807) is 10.8 Å². The molecular weight excluding hydrogens is 336 g/mol. The number of carbonyl (C=O) groups is 1. The van der Waals surface area contributed by atoms with Crippen molar-refractivity contribution in [1.29, 1.82) is 0 Å². The summed E-state index contributed by atoms with van der Waals surface area (Å²) in [6, 6.07) is 11.6. The Balaban J connectivity index is 1.70. The predicted octanol–water partition coefficient (Wildman–Crippen LogP) is 3.26. The molecule has 2 aromatic heterocycles. The van der Waals surface area contributed by atoms with Crippen molar-refractivity contribution in [2.45, 2.75) is 32.9 Å². The third-order valence-electron chi connectivity index (χ3n) is 3.86. The number of aromatic nitrogens is 3. The van der Waals surface area contributed by atoms with Crippen molar-refractivity contribution < 1.29 is 9.21 Å². The summed E-state index contributed by atoms with van der Waals surface area (Å²) in [4.78, 5) is 12.4. The number of H-pyrrole nitrogens is 1. The maximum atomic E-state index is 12.4. The third-order valence-corrected chi connectivity index (χ3v) is 4.18. The molecule has 0 saturated carbocycles. The van der Waals surface area contributed by atoms with Crippen LogP contribution in [0.5, 0.6) is 0 Å². The minimum Gasteiger partial charge on any atom is -0.469 e. The molecule has 2 heterocycles. The molecule has 1 amide bonds. The number of benzene rings is 1. The molecule has 130 valence electrons. The summed E-state index contributed by atoms with van der Waals surface area (Å²) < 4.78 is 7.43. The number of hydrogen-bond donors (Lipinski definition) is 2. The Bertz CT molecular complexity index is 894. The van der Waals surface area contributed by atoms with Gasteiger partial charge in [0.15, 0.2) is 10.6 Å². The van der Waals surface area contributed by atoms with E-state index >= 15 is 0 Å². The van der Waals surface area contributed by atoms with Crippen LogP contribution in [-0.4, -0.2) is 26.7 Å². The van der Waals surface area contributed by atoms with Crippen LogP contribution in [0.2, 0.25) is 0 Å². The lowest BCUT2D eigenvalue weighted by atomic mass is 10.1. The van der Waals surface area contributed by atoms with Crippen molar-refractivity contribution in [3.63, 3.8) is 0 Å². The first kappa shape index (κ1) is 17.2. The average Bonchev–Trinajstić information content (AvgIpc) is 3.19. The van der Waals surface area contributed by atoms with E-state index in [9.17, 15) is 4.79 Å². The second kappa shape index (κ2) is 7.48. The molecule has 25 heavy (non-hydrogen) atoms. The fourth-order valence-electron chi connectivity index (χ4n) is 2.63. The van der Waals surface area contributed by atoms with Gasteiger partial charge in [0, 0.05) is 18.0 Å². The van der Waals surface area contributed by atoms with Crippen molar-refractivity contribution >= 4 is 18.1 Å². The Morgan fingerprint density at radius 2 is 2.12 bits per heavy atom. The van der Waals surface area contributed by atoms with Gasteiger partial charge in [-0.1, -0.05) is 29.8 Å². The van der Waals surface area contributed by atoms with Gasteiger partial charge >= 0.3 is 0 Å². The van der Waals surface area contributed by atoms with Crippen LogP contribution in [0.1, 0.15) is 18.2 Å². The highest BCUT2D eigenvalue weighted by atomic mass is 32.1. The summed E-state index contributed by atoms with van der Waals surface area (Å²) >= 11 is 5.27. The van der Waals surface area contributed by atoms with E-state index in [4.69, 9.17) is 16.6 Å². The number of carbonyl (C=O) groups excluding carboxylic acids is 1. The summed E-state index contributed by atoms with van der Waals surface area (Å²) in [6.07, 6.45) is 2.27. The van der Waals surface area contributed by atoms with Gasteiger partial charge in [0.05, 0.1) is 6.26 Å². The maximum absolute atomic E-state index is 12.4. The topological polar surface area (TPSA) is 75.8 Å². The lowest BCUT2D eigenvalue weighted by Crippen LogP contribution is -2.36. The zero-order chi connectivity index (χ0) is 17.8. The Labute approximate surface area is 150 Å². The number of nitrogens with zero attached hydrogens (tertiary/aromatic N) is 2. The molecule has 0 spiro atoms. The first-order valence-corrected chi connectivity index (χ1v) is 8.48. The van der Waals surface area contributed by atoms with E-state index < -0.39 is 0 Å². The monoisotopic (exact) mass is 356 g/mol. The van der Waals surface area contributed by atoms with E-state index in [0.29, 0.717) is 17.0 Å². The Hall–Kier alpha value is -2.67. The molecule has 3 rings (SSSR count). The lowest BCUT2D eigenvalue weighted by molar-refractivity contribution is -0.122. The molecule has 1 aromatic carbocycles. The summed E-state index contributed by atoms with van der Waals surface area (Å²) in [5, 5.41) is 9.99. The molecule has 0 fully saturated rings. The van der Waals surface area contributed by atoms with Crippen LogP contribution in [0.15, 0.2) is 47.1 Å². The number of aromatic amines is 1. The van der Waals surface area contributed by atoms with Gasteiger partial charge in [-0.05, 0) is 38.2 Å². The van der Waals surface area contributed by atoms with Crippen LogP contribution < -0.4 is 5.32 Å². The highest BCUT2D eigenvalue weighted by molar-refractivity contribution is 7.71. The highest BCUT2D eigenvalue weighted by Crippen LogP contribution is 2.17. The van der Waals surface area contributed by atoms with Crippen molar-refractivity contribution in [3.8, 4) is 11.4 Å². The van der Waals surface area contributed by atoms with Gasteiger partial charge in [-0.2, -0.15) is 5.10 Å². The number of rotatable bonds is 6. The normalized spacial score (nSPS) is 12.1. The molecule has 0 saturated heterocycles. The smallest absolute Gasteiger partial charge is 0.240 e. The van der Waals surface area contributed by atoms with E-state index in [1.165, 1.54) is 0 Å². The lowest BCUT2D eigenvalue weighted by Gasteiger charge is -2.13. The molecule has 3 aromatic rings. The average molecular weight is 356 g/mol. The molecular formula is C18H20N4O2S. The van der Waals surface area contributed by atoms with Crippen LogP contribution in [0.4, 0.5) is 0 Å². The predicted molar refractivity (Wildman–Crippen MR) is 97.6 cm³/mol. The van der Waals surface area contributed by atoms with Gasteiger partial charge < -0.3 is 9.73 Å². The van der Waals surface area contributed by atoms with Gasteiger partial charge in [-0.15, -0.1) is 0 Å². The fraction of sp³-hybridized carbons (Fsp3) is 0.278. The second-order valence-corrected chi connectivity index (χ2v) is 6.44. The van der Waals surface area contributed by atoms with Crippen molar-refractivity contribution in [3.05, 3.63) is 58.8 Å². The van der Waals surface area contributed by atoms with Crippen molar-refractivity contribution in [2.24, 2.45) is 0 Å². The highest BCUT2D eigenvalue weighted by Gasteiger charge is 2.14. The van der Waals surface area contributed by atoms with Gasteiger partial charge in [0.25, 0.3) is 0 Å². The molecule has 1 atom stereocenters. The third kappa shape index (κ3) is 4.24. The maximum Gasteiger partial charge on any atom is 0.240 e. The number of furan rings is 1. The number of hydrogen-bond acceptors (Lipinski definition) is 4. The van der Waals surface area contributed by atoms with E-state index in [1.807, 2.05) is 50.2 Å². The molecule has 2 N–H and O–H groups in total. The molecule has 7 heteroatoms. The number of amides is 1. The molecule has 0 aliphatic rings. The molecule has 6 nitrogen and oxygen atoms in total. The Morgan fingerprint density at radius 3 is 2.80 bits per heavy atom. The molecule has 0 aliphatic heterocycles. The largest absolute Gasteiger partial charge is 0.469 e. The second-order valence-electron chi connectivity index (χ2n) is 6.06. The Kier molecular flexibility index (Phi) is 5.14. The zero-order valence-electron chi connectivity index (χ0n) is 14.2. The standard InChI is InChI=1S/C18H20N4O2S/c1-12-5-7-14(8-6-12)17-20-21-18(25)22(17)11-16(23)19-13(2)10-15-4-3-9-24-15/h3-9,13H,10-11H2,1-2H3,(H,19,23)(H,21,25). The van der Waals surface area contributed by atoms with Gasteiger partial charge in [-0.3, -0.25) is 14.5 Å². The SMILES string of the molecule is Cc1ccc(-c2n[nH]c(=S)n2CC(=O)NC(C)Cc2ccco2)cc1.